The number of aliphatic hydroxyl groups is 1. The highest BCUT2D eigenvalue weighted by atomic mass is 32.1. The van der Waals surface area contributed by atoms with Crippen LogP contribution in [0, 0.1) is 12.7 Å². The van der Waals surface area contributed by atoms with Crippen LogP contribution >= 0.6 is 11.3 Å². The van der Waals surface area contributed by atoms with E-state index < -0.39 is 29.3 Å². The fraction of sp³-hybridized carbons (Fsp3) is 0.130. The summed E-state index contributed by atoms with van der Waals surface area (Å²) in [5.74, 6) is -2.34. The van der Waals surface area contributed by atoms with E-state index in [1.165, 1.54) is 42.3 Å². The van der Waals surface area contributed by atoms with E-state index in [-0.39, 0.29) is 16.5 Å². The van der Waals surface area contributed by atoms with Gasteiger partial charge >= 0.3 is 0 Å². The van der Waals surface area contributed by atoms with Gasteiger partial charge in [0.25, 0.3) is 5.91 Å². The van der Waals surface area contributed by atoms with Gasteiger partial charge in [0.15, 0.2) is 22.9 Å². The van der Waals surface area contributed by atoms with E-state index in [4.69, 9.17) is 9.15 Å². The number of carbonyl (C=O) groups excluding carboxylic acids is 2. The number of anilines is 1. The van der Waals surface area contributed by atoms with Gasteiger partial charge < -0.3 is 14.3 Å². The van der Waals surface area contributed by atoms with Crippen molar-refractivity contribution in [3.05, 3.63) is 82.0 Å². The maximum absolute atomic E-state index is 13.6. The Bertz CT molecular complexity index is 1440. The van der Waals surface area contributed by atoms with E-state index >= 15 is 0 Å². The molecule has 1 atom stereocenters. The standard InChI is InChI=1S/C23H16FN3O5S/c1-11-25-26-23(33-11)27-18(12-6-8-14(24)9-7-12)17(20(29)22(27)30)19(28)16-10-13-4-3-5-15(31-2)21(13)32-16/h3-10,18,29H,1-2H3/t18-/m0/s1. The van der Waals surface area contributed by atoms with Gasteiger partial charge in [-0.2, -0.15) is 0 Å². The highest BCUT2D eigenvalue weighted by Gasteiger charge is 2.46. The minimum atomic E-state index is -1.05. The van der Waals surface area contributed by atoms with E-state index in [2.05, 4.69) is 10.2 Å². The molecule has 1 amide bonds. The molecule has 1 aliphatic rings. The molecule has 8 nitrogen and oxygen atoms in total. The summed E-state index contributed by atoms with van der Waals surface area (Å²) in [4.78, 5) is 27.8. The van der Waals surface area contributed by atoms with E-state index in [1.807, 2.05) is 0 Å². The zero-order valence-corrected chi connectivity index (χ0v) is 18.2. The van der Waals surface area contributed by atoms with Crippen LogP contribution in [0.4, 0.5) is 9.52 Å². The van der Waals surface area contributed by atoms with Crippen molar-refractivity contribution in [2.75, 3.05) is 12.0 Å². The molecule has 1 aliphatic heterocycles. The number of nitrogens with zero attached hydrogens (tertiary/aromatic N) is 3. The highest BCUT2D eigenvalue weighted by Crippen LogP contribution is 2.43. The monoisotopic (exact) mass is 465 g/mol. The molecule has 5 rings (SSSR count). The third-order valence-electron chi connectivity index (χ3n) is 5.31. The molecule has 10 heteroatoms. The Hall–Kier alpha value is -4.05. The van der Waals surface area contributed by atoms with E-state index in [0.29, 0.717) is 27.3 Å². The van der Waals surface area contributed by atoms with Crippen molar-refractivity contribution in [2.24, 2.45) is 0 Å². The van der Waals surface area contributed by atoms with Gasteiger partial charge in [0.2, 0.25) is 10.9 Å². The fourth-order valence-corrected chi connectivity index (χ4v) is 4.53. The first kappa shape index (κ1) is 20.8. The maximum Gasteiger partial charge on any atom is 0.296 e. The Morgan fingerprint density at radius 3 is 2.64 bits per heavy atom. The first-order valence-corrected chi connectivity index (χ1v) is 10.6. The molecule has 0 saturated carbocycles. The number of amides is 1. The number of hydrogen-bond acceptors (Lipinski definition) is 8. The molecule has 3 heterocycles. The summed E-state index contributed by atoms with van der Waals surface area (Å²) >= 11 is 1.13. The Balaban J connectivity index is 1.66. The van der Waals surface area contributed by atoms with Crippen molar-refractivity contribution < 1.29 is 28.2 Å². The lowest BCUT2D eigenvalue weighted by atomic mass is 9.95. The molecule has 166 valence electrons. The third-order valence-corrected chi connectivity index (χ3v) is 6.15. The van der Waals surface area contributed by atoms with Gasteiger partial charge in [-0.15, -0.1) is 10.2 Å². The summed E-state index contributed by atoms with van der Waals surface area (Å²) in [6.45, 7) is 1.72. The topological polar surface area (TPSA) is 106 Å². The lowest BCUT2D eigenvalue weighted by Gasteiger charge is -2.23. The molecule has 4 aromatic rings. The lowest BCUT2D eigenvalue weighted by molar-refractivity contribution is -0.117. The van der Waals surface area contributed by atoms with Crippen LogP contribution in [-0.2, 0) is 4.79 Å². The largest absolute Gasteiger partial charge is 0.503 e. The third kappa shape index (κ3) is 3.35. The van der Waals surface area contributed by atoms with Crippen LogP contribution in [0.25, 0.3) is 11.0 Å². The van der Waals surface area contributed by atoms with Crippen LogP contribution in [-0.4, -0.2) is 34.1 Å². The molecule has 0 bridgehead atoms. The second kappa shape index (κ2) is 7.82. The predicted molar refractivity (Wildman–Crippen MR) is 118 cm³/mol. The molecule has 2 aromatic heterocycles. The van der Waals surface area contributed by atoms with Gasteiger partial charge in [0.05, 0.1) is 18.7 Å². The quantitative estimate of drug-likeness (QED) is 0.432. The van der Waals surface area contributed by atoms with Gasteiger partial charge in [-0.1, -0.05) is 35.6 Å². The molecule has 0 aliphatic carbocycles. The number of ketones is 1. The number of carbonyl (C=O) groups is 2. The first-order chi connectivity index (χ1) is 15.9. The van der Waals surface area contributed by atoms with E-state index in [1.54, 1.807) is 25.1 Å². The predicted octanol–water partition coefficient (Wildman–Crippen LogP) is 4.52. The smallest absolute Gasteiger partial charge is 0.296 e. The van der Waals surface area contributed by atoms with Crippen molar-refractivity contribution in [1.29, 1.82) is 0 Å². The van der Waals surface area contributed by atoms with Crippen molar-refractivity contribution in [2.45, 2.75) is 13.0 Å². The molecule has 0 fully saturated rings. The summed E-state index contributed by atoms with van der Waals surface area (Å²) in [7, 11) is 1.48. The van der Waals surface area contributed by atoms with Gasteiger partial charge in [0.1, 0.15) is 10.8 Å². The average molecular weight is 465 g/mol. The number of Topliss-reactive ketones (excluding diaryl/α,β-unsaturated/α-hetero) is 1. The van der Waals surface area contributed by atoms with E-state index in [9.17, 15) is 19.1 Å². The van der Waals surface area contributed by atoms with Gasteiger partial charge in [-0.3, -0.25) is 14.5 Å². The number of para-hydroxylation sites is 1. The normalized spacial score (nSPS) is 16.2. The summed E-state index contributed by atoms with van der Waals surface area (Å²) < 4.78 is 24.7. The van der Waals surface area contributed by atoms with Crippen molar-refractivity contribution in [1.82, 2.24) is 10.2 Å². The molecular weight excluding hydrogens is 449 g/mol. The second-order valence-corrected chi connectivity index (χ2v) is 8.47. The average Bonchev–Trinajstić information content (AvgIpc) is 3.50. The van der Waals surface area contributed by atoms with Gasteiger partial charge in [-0.05, 0) is 36.8 Å². The number of fused-ring (bicyclic) bond motifs is 1. The number of aryl methyl sites for hydroxylation is 1. The molecule has 1 N–H and O–H groups in total. The van der Waals surface area contributed by atoms with Crippen LogP contribution < -0.4 is 9.64 Å². The molecule has 33 heavy (non-hydrogen) atoms. The SMILES string of the molecule is COc1cccc2cc(C(=O)C3=C(O)C(=O)N(c4nnc(C)s4)[C@H]3c3ccc(F)cc3)oc12. The molecule has 0 radical (unpaired) electrons. The van der Waals surface area contributed by atoms with Crippen LogP contribution in [0.5, 0.6) is 5.75 Å². The molecule has 0 spiro atoms. The van der Waals surface area contributed by atoms with E-state index in [0.717, 1.165) is 11.3 Å². The van der Waals surface area contributed by atoms with Gasteiger partial charge in [0, 0.05) is 5.39 Å². The number of halogens is 1. The Morgan fingerprint density at radius 2 is 1.97 bits per heavy atom. The van der Waals surface area contributed by atoms with Crippen LogP contribution in [0.3, 0.4) is 0 Å². The lowest BCUT2D eigenvalue weighted by Crippen LogP contribution is -2.31. The zero-order valence-electron chi connectivity index (χ0n) is 17.4. The number of aliphatic hydroxyl groups excluding tert-OH is 1. The van der Waals surface area contributed by atoms with Crippen molar-refractivity contribution in [3.8, 4) is 5.75 Å². The summed E-state index contributed by atoms with van der Waals surface area (Å²) in [5.41, 5.74) is 0.582. The fourth-order valence-electron chi connectivity index (χ4n) is 3.82. The molecular formula is C23H16FN3O5S. The number of aromatic nitrogens is 2. The number of ether oxygens (including phenoxy) is 1. The van der Waals surface area contributed by atoms with Crippen molar-refractivity contribution >= 4 is 39.1 Å². The summed E-state index contributed by atoms with van der Waals surface area (Å²) in [5, 5.41) is 20.1. The van der Waals surface area contributed by atoms with Crippen LogP contribution in [0.15, 0.2) is 64.3 Å². The minimum Gasteiger partial charge on any atom is -0.503 e. The number of hydrogen-bond donors (Lipinski definition) is 1. The number of methoxy groups -OCH3 is 1. The highest BCUT2D eigenvalue weighted by molar-refractivity contribution is 7.15. The summed E-state index contributed by atoms with van der Waals surface area (Å²) in [6.07, 6.45) is 0. The molecule has 0 saturated heterocycles. The minimum absolute atomic E-state index is 0.0775. The molecule has 0 unspecified atom stereocenters. The summed E-state index contributed by atoms with van der Waals surface area (Å²) in [6, 6.07) is 11.0. The van der Waals surface area contributed by atoms with Crippen molar-refractivity contribution in [3.63, 3.8) is 0 Å². The molecule has 2 aromatic carbocycles. The van der Waals surface area contributed by atoms with Crippen LogP contribution in [0.2, 0.25) is 0 Å². The van der Waals surface area contributed by atoms with Gasteiger partial charge in [-0.25, -0.2) is 4.39 Å². The second-order valence-electron chi connectivity index (χ2n) is 7.31. The maximum atomic E-state index is 13.6. The Kier molecular flexibility index (Phi) is 4.94. The number of rotatable bonds is 5. The van der Waals surface area contributed by atoms with Crippen LogP contribution in [0.1, 0.15) is 27.2 Å². The number of benzene rings is 2. The number of furan rings is 1. The Labute approximate surface area is 190 Å². The zero-order chi connectivity index (χ0) is 23.3. The Morgan fingerprint density at radius 1 is 1.21 bits per heavy atom. The first-order valence-electron chi connectivity index (χ1n) is 9.82.